The molecular weight excluding hydrogens is 456 g/mol. The second kappa shape index (κ2) is 11.2. The standard InChI is InChI=1S/C28H34N4O2S/c1-5-26(35-4)28(34)30-20-9-8-10-21(17-20)32-24-13-12-19(25(33)15-18(2)3)16-23(24)31-27(32)22-11-6-7-14-29-22/h5-7,11-14,16,18,20-21H,8-10,15,17H2,1-4H3,(H,30,34)/b26-5-. The van der Waals surface area contributed by atoms with Crippen LogP contribution in [0.15, 0.2) is 53.6 Å². The number of imidazole rings is 1. The molecule has 3 aromatic rings. The Morgan fingerprint density at radius 3 is 2.74 bits per heavy atom. The smallest absolute Gasteiger partial charge is 0.257 e. The number of hydrogen-bond acceptors (Lipinski definition) is 5. The zero-order chi connectivity index (χ0) is 24.9. The molecule has 1 N–H and O–H groups in total. The van der Waals surface area contributed by atoms with E-state index in [2.05, 4.69) is 28.7 Å². The zero-order valence-electron chi connectivity index (χ0n) is 21.0. The summed E-state index contributed by atoms with van der Waals surface area (Å²) < 4.78 is 2.28. The molecule has 0 spiro atoms. The molecule has 0 aliphatic heterocycles. The molecule has 2 unspecified atom stereocenters. The van der Waals surface area contributed by atoms with Crippen LogP contribution in [0.4, 0.5) is 0 Å². The molecule has 4 rings (SSSR count). The highest BCUT2D eigenvalue weighted by Crippen LogP contribution is 2.36. The summed E-state index contributed by atoms with van der Waals surface area (Å²) in [6.45, 7) is 6.01. The summed E-state index contributed by atoms with van der Waals surface area (Å²) in [6, 6.07) is 12.0. The Kier molecular flexibility index (Phi) is 8.06. The lowest BCUT2D eigenvalue weighted by Gasteiger charge is -2.32. The molecule has 184 valence electrons. The van der Waals surface area contributed by atoms with Gasteiger partial charge in [0.15, 0.2) is 11.6 Å². The molecule has 1 aliphatic carbocycles. The van der Waals surface area contributed by atoms with Crippen molar-refractivity contribution in [2.75, 3.05) is 6.26 Å². The minimum Gasteiger partial charge on any atom is -0.349 e. The topological polar surface area (TPSA) is 76.9 Å². The molecule has 0 bridgehead atoms. The fourth-order valence-corrected chi connectivity index (χ4v) is 5.41. The lowest BCUT2D eigenvalue weighted by atomic mass is 9.90. The highest BCUT2D eigenvalue weighted by Gasteiger charge is 2.29. The van der Waals surface area contributed by atoms with Crippen LogP contribution in [0.2, 0.25) is 0 Å². The maximum Gasteiger partial charge on any atom is 0.257 e. The summed E-state index contributed by atoms with van der Waals surface area (Å²) in [5.41, 5.74) is 3.32. The van der Waals surface area contributed by atoms with Gasteiger partial charge in [-0.25, -0.2) is 4.98 Å². The Bertz CT molecular complexity index is 1230. The van der Waals surface area contributed by atoms with Crippen molar-refractivity contribution in [2.24, 2.45) is 5.92 Å². The number of rotatable bonds is 8. The van der Waals surface area contributed by atoms with E-state index in [4.69, 9.17) is 4.98 Å². The monoisotopic (exact) mass is 490 g/mol. The minimum atomic E-state index is -0.000560. The van der Waals surface area contributed by atoms with Crippen LogP contribution in [-0.2, 0) is 4.79 Å². The Morgan fingerprint density at radius 1 is 1.23 bits per heavy atom. The zero-order valence-corrected chi connectivity index (χ0v) is 21.8. The normalized spacial score (nSPS) is 18.7. The van der Waals surface area contributed by atoms with E-state index in [1.807, 2.05) is 55.7 Å². The minimum absolute atomic E-state index is 0.000560. The molecule has 1 aliphatic rings. The number of nitrogens with one attached hydrogen (secondary N) is 1. The van der Waals surface area contributed by atoms with Gasteiger partial charge in [0.1, 0.15) is 5.69 Å². The third-order valence-corrected chi connectivity index (χ3v) is 7.41. The molecule has 2 heterocycles. The molecule has 0 radical (unpaired) electrons. The van der Waals surface area contributed by atoms with Crippen molar-refractivity contribution in [2.45, 2.75) is 65.0 Å². The molecular formula is C28H34N4O2S. The molecule has 0 saturated heterocycles. The number of aromatic nitrogens is 3. The van der Waals surface area contributed by atoms with Crippen LogP contribution < -0.4 is 5.32 Å². The number of benzene rings is 1. The van der Waals surface area contributed by atoms with Gasteiger partial charge in [0, 0.05) is 30.3 Å². The van der Waals surface area contributed by atoms with Crippen LogP contribution >= 0.6 is 11.8 Å². The van der Waals surface area contributed by atoms with Crippen molar-refractivity contribution in [1.29, 1.82) is 0 Å². The van der Waals surface area contributed by atoms with Gasteiger partial charge in [-0.05, 0) is 75.1 Å². The Balaban J connectivity index is 1.70. The number of allylic oxidation sites excluding steroid dienone is 1. The van der Waals surface area contributed by atoms with Crippen LogP contribution in [0.1, 0.15) is 69.3 Å². The lowest BCUT2D eigenvalue weighted by Crippen LogP contribution is -2.39. The van der Waals surface area contributed by atoms with E-state index in [9.17, 15) is 9.59 Å². The van der Waals surface area contributed by atoms with Crippen LogP contribution in [-0.4, -0.2) is 38.5 Å². The third-order valence-electron chi connectivity index (χ3n) is 6.55. The summed E-state index contributed by atoms with van der Waals surface area (Å²) >= 11 is 1.47. The van der Waals surface area contributed by atoms with Gasteiger partial charge < -0.3 is 9.88 Å². The number of ketones is 1. The summed E-state index contributed by atoms with van der Waals surface area (Å²) in [7, 11) is 0. The van der Waals surface area contributed by atoms with Crippen molar-refractivity contribution in [3.05, 3.63) is 59.1 Å². The van der Waals surface area contributed by atoms with E-state index in [-0.39, 0.29) is 23.8 Å². The highest BCUT2D eigenvalue weighted by atomic mass is 32.2. The molecule has 1 fully saturated rings. The number of fused-ring (bicyclic) bond motifs is 1. The maximum absolute atomic E-state index is 12.7. The van der Waals surface area contributed by atoms with Gasteiger partial charge in [0.05, 0.1) is 15.9 Å². The third kappa shape index (κ3) is 5.67. The number of carbonyl (C=O) groups is 2. The van der Waals surface area contributed by atoms with Crippen LogP contribution in [0.25, 0.3) is 22.6 Å². The number of carbonyl (C=O) groups excluding carboxylic acids is 2. The van der Waals surface area contributed by atoms with Crippen molar-refractivity contribution in [3.8, 4) is 11.5 Å². The molecule has 2 aromatic heterocycles. The molecule has 35 heavy (non-hydrogen) atoms. The molecule has 1 saturated carbocycles. The van der Waals surface area contributed by atoms with E-state index < -0.39 is 0 Å². The second-order valence-corrected chi connectivity index (χ2v) is 10.4. The van der Waals surface area contributed by atoms with Gasteiger partial charge >= 0.3 is 0 Å². The van der Waals surface area contributed by atoms with Gasteiger partial charge in [-0.1, -0.05) is 26.0 Å². The van der Waals surface area contributed by atoms with Crippen LogP contribution in [0, 0.1) is 5.92 Å². The number of amides is 1. The van der Waals surface area contributed by atoms with Gasteiger partial charge in [0.2, 0.25) is 0 Å². The number of thioether (sulfide) groups is 1. The predicted octanol–water partition coefficient (Wildman–Crippen LogP) is 6.19. The summed E-state index contributed by atoms with van der Waals surface area (Å²) in [6.07, 6.45) is 9.91. The molecule has 7 heteroatoms. The van der Waals surface area contributed by atoms with E-state index >= 15 is 0 Å². The van der Waals surface area contributed by atoms with Crippen molar-refractivity contribution >= 4 is 34.5 Å². The fraction of sp³-hybridized carbons (Fsp3) is 0.429. The quantitative estimate of drug-likeness (QED) is 0.301. The Labute approximate surface area is 211 Å². The number of pyridine rings is 1. The number of nitrogens with zero attached hydrogens (tertiary/aromatic N) is 3. The van der Waals surface area contributed by atoms with E-state index in [1.54, 1.807) is 6.20 Å². The molecule has 1 aromatic carbocycles. The summed E-state index contributed by atoms with van der Waals surface area (Å²) in [5.74, 6) is 1.26. The van der Waals surface area contributed by atoms with Crippen molar-refractivity contribution < 1.29 is 9.59 Å². The Morgan fingerprint density at radius 2 is 2.06 bits per heavy atom. The average molecular weight is 491 g/mol. The van der Waals surface area contributed by atoms with Gasteiger partial charge in [0.25, 0.3) is 5.91 Å². The number of Topliss-reactive ketones (excluding diaryl/α,β-unsaturated/α-hetero) is 1. The Hall–Kier alpha value is -2.93. The number of hydrogen-bond donors (Lipinski definition) is 1. The van der Waals surface area contributed by atoms with E-state index in [1.165, 1.54) is 11.8 Å². The lowest BCUT2D eigenvalue weighted by molar-refractivity contribution is -0.117. The molecule has 1 amide bonds. The largest absolute Gasteiger partial charge is 0.349 e. The van der Waals surface area contributed by atoms with Gasteiger partial charge in [-0.3, -0.25) is 14.6 Å². The molecule has 6 nitrogen and oxygen atoms in total. The van der Waals surface area contributed by atoms with Crippen molar-refractivity contribution in [1.82, 2.24) is 19.9 Å². The first kappa shape index (κ1) is 25.2. The summed E-state index contributed by atoms with van der Waals surface area (Å²) in [4.78, 5) is 35.7. The van der Waals surface area contributed by atoms with Crippen LogP contribution in [0.3, 0.4) is 0 Å². The first-order valence-corrected chi connectivity index (χ1v) is 13.6. The van der Waals surface area contributed by atoms with Gasteiger partial charge in [-0.2, -0.15) is 0 Å². The first-order valence-electron chi connectivity index (χ1n) is 12.4. The highest BCUT2D eigenvalue weighted by molar-refractivity contribution is 8.03. The van der Waals surface area contributed by atoms with Gasteiger partial charge in [-0.15, -0.1) is 11.8 Å². The SMILES string of the molecule is C/C=C(\SC)C(=O)NC1CCCC(n2c(-c3ccccn3)nc3cc(C(=O)CC(C)C)ccc32)C1. The molecule has 2 atom stereocenters. The predicted molar refractivity (Wildman–Crippen MR) is 143 cm³/mol. The maximum atomic E-state index is 12.7. The fourth-order valence-electron chi connectivity index (χ4n) is 4.93. The first-order chi connectivity index (χ1) is 16.9. The average Bonchev–Trinajstić information content (AvgIpc) is 3.24. The van der Waals surface area contributed by atoms with Crippen LogP contribution in [0.5, 0.6) is 0 Å². The summed E-state index contributed by atoms with van der Waals surface area (Å²) in [5, 5.41) is 3.24. The van der Waals surface area contributed by atoms with E-state index in [0.717, 1.165) is 53.1 Å². The van der Waals surface area contributed by atoms with Crippen molar-refractivity contribution in [3.63, 3.8) is 0 Å². The second-order valence-electron chi connectivity index (χ2n) is 9.59. The van der Waals surface area contributed by atoms with E-state index in [0.29, 0.717) is 17.9 Å².